The molecule has 3 N–H and O–H groups in total. The van der Waals surface area contributed by atoms with Gasteiger partial charge in [0.05, 0.1) is 23.3 Å². The first kappa shape index (κ1) is 23.9. The number of fused-ring (bicyclic) bond motifs is 4. The Kier molecular flexibility index (Phi) is 6.16. The number of thiazole rings is 1. The van der Waals surface area contributed by atoms with E-state index in [1.165, 1.54) is 17.5 Å². The highest BCUT2D eigenvalue weighted by Crippen LogP contribution is 2.40. The Labute approximate surface area is 202 Å². The lowest BCUT2D eigenvalue weighted by Gasteiger charge is -2.60. The number of quaternary nitrogens is 1. The second-order valence-corrected chi connectivity index (χ2v) is 16.6. The fourth-order valence-corrected chi connectivity index (χ4v) is 6.34. The Morgan fingerprint density at radius 3 is 2.69 bits per heavy atom. The molecule has 176 valence electrons. The zero-order valence-corrected chi connectivity index (χ0v) is 21.8. The lowest BCUT2D eigenvalue weighted by Crippen LogP contribution is -2.70. The minimum atomic E-state index is -1.88. The van der Waals surface area contributed by atoms with Crippen molar-refractivity contribution >= 4 is 60.3 Å². The van der Waals surface area contributed by atoms with E-state index in [1.54, 1.807) is 11.3 Å². The third kappa shape index (κ3) is 4.84. The molecule has 3 fully saturated rings. The molecule has 3 aliphatic rings. The topological polar surface area (TPSA) is 66.4 Å². The summed E-state index contributed by atoms with van der Waals surface area (Å²) in [5.74, 6) is 1.31. The number of aliphatic hydroxyl groups is 1. The number of nitrogens with one attached hydrogen (secondary N) is 2. The maximum atomic E-state index is 11.3. The number of nitrogens with zero attached hydrogens (tertiary/aromatic N) is 2. The highest BCUT2D eigenvalue weighted by molar-refractivity contribution is 7.80. The van der Waals surface area contributed by atoms with Gasteiger partial charge in [-0.2, -0.15) is 0 Å². The second-order valence-electron chi connectivity index (χ2n) is 10.5. The highest BCUT2D eigenvalue weighted by Gasteiger charge is 2.49. The first-order valence-electron chi connectivity index (χ1n) is 11.0. The first-order chi connectivity index (χ1) is 14.8. The Morgan fingerprint density at radius 2 is 2.06 bits per heavy atom. The molecule has 3 aliphatic heterocycles. The number of aromatic nitrogens is 1. The average Bonchev–Trinajstić information content (AvgIpc) is 3.06. The molecule has 1 aromatic carbocycles. The number of thiocarbonyl (C=S) groups is 1. The van der Waals surface area contributed by atoms with E-state index in [4.69, 9.17) is 16.6 Å². The third-order valence-corrected chi connectivity index (χ3v) is 12.7. The molecule has 6 nitrogen and oxygen atoms in total. The van der Waals surface area contributed by atoms with Gasteiger partial charge in [-0.05, 0) is 61.4 Å². The van der Waals surface area contributed by atoms with Crippen molar-refractivity contribution in [3.05, 3.63) is 18.2 Å². The van der Waals surface area contributed by atoms with Gasteiger partial charge in [0, 0.05) is 19.0 Å². The minimum Gasteiger partial charge on any atom is -0.543 e. The van der Waals surface area contributed by atoms with Gasteiger partial charge in [0.25, 0.3) is 0 Å². The van der Waals surface area contributed by atoms with Gasteiger partial charge in [-0.3, -0.25) is 0 Å². The summed E-state index contributed by atoms with van der Waals surface area (Å²) in [5, 5.41) is 19.2. The van der Waals surface area contributed by atoms with E-state index in [9.17, 15) is 5.11 Å². The number of hydrogen-bond acceptors (Lipinski definition) is 5. The maximum absolute atomic E-state index is 11.3. The lowest BCUT2D eigenvalue weighted by molar-refractivity contribution is -0.846. The van der Waals surface area contributed by atoms with Crippen LogP contribution < -0.4 is 15.1 Å². The average molecular weight is 493 g/mol. The number of anilines is 1. The smallest absolute Gasteiger partial charge is 0.250 e. The largest absolute Gasteiger partial charge is 0.543 e. The standard InChI is InChI=1S/C22H37BN4O2S2Si/c1-21(2,3)32(4,5)29-16-6-7-17-18(12-16)31-20(25-17)26-19(30)24-13-22(28)14-27(23)10-8-15(22)9-11-27/h6-7,12,15,28H,8-11,13-14H2,1-5,23H3,(H2,24,25,26,30). The number of piperidine rings is 3. The summed E-state index contributed by atoms with van der Waals surface area (Å²) in [4.78, 5) is 4.68. The molecule has 0 aliphatic carbocycles. The summed E-state index contributed by atoms with van der Waals surface area (Å²) in [7, 11) is -1.71. The van der Waals surface area contributed by atoms with E-state index in [0.717, 1.165) is 40.5 Å². The maximum Gasteiger partial charge on any atom is 0.250 e. The molecule has 10 heteroatoms. The quantitative estimate of drug-likeness (QED) is 0.440. The summed E-state index contributed by atoms with van der Waals surface area (Å²) >= 11 is 7.11. The number of rotatable bonds is 5. The Hall–Kier alpha value is -1.20. The molecule has 0 radical (unpaired) electrons. The van der Waals surface area contributed by atoms with Crippen LogP contribution >= 0.6 is 23.6 Å². The van der Waals surface area contributed by atoms with Crippen molar-refractivity contribution in [1.82, 2.24) is 10.3 Å². The van der Waals surface area contributed by atoms with E-state index < -0.39 is 13.9 Å². The van der Waals surface area contributed by atoms with Crippen molar-refractivity contribution in [2.75, 3.05) is 31.5 Å². The Morgan fingerprint density at radius 1 is 1.38 bits per heavy atom. The van der Waals surface area contributed by atoms with Crippen molar-refractivity contribution in [2.45, 2.75) is 57.3 Å². The number of hydrogen-bond donors (Lipinski definition) is 3. The molecule has 5 rings (SSSR count). The van der Waals surface area contributed by atoms with E-state index in [2.05, 4.69) is 55.5 Å². The van der Waals surface area contributed by atoms with Crippen LogP contribution in [-0.2, 0) is 0 Å². The summed E-state index contributed by atoms with van der Waals surface area (Å²) in [6.07, 6.45) is 2.30. The summed E-state index contributed by atoms with van der Waals surface area (Å²) in [5.41, 5.74) is 0.304. The van der Waals surface area contributed by atoms with Gasteiger partial charge in [0.2, 0.25) is 8.32 Å². The molecule has 4 heterocycles. The summed E-state index contributed by atoms with van der Waals surface area (Å²) < 4.78 is 8.74. The van der Waals surface area contributed by atoms with Gasteiger partial charge in [0.15, 0.2) is 18.2 Å². The molecule has 1 atom stereocenters. The van der Waals surface area contributed by atoms with E-state index >= 15 is 0 Å². The van der Waals surface area contributed by atoms with Gasteiger partial charge in [-0.15, -0.1) is 0 Å². The van der Waals surface area contributed by atoms with Gasteiger partial charge < -0.3 is 24.6 Å². The molecule has 3 saturated heterocycles. The fraction of sp³-hybridized carbons (Fsp3) is 0.636. The molecule has 0 saturated carbocycles. The normalized spacial score (nSPS) is 28.0. The Balaban J connectivity index is 1.38. The van der Waals surface area contributed by atoms with Crippen LogP contribution in [0.15, 0.2) is 18.2 Å². The SMILES string of the molecule is [BH3-][N+]12CCC(CC1)C(O)(CNC(=S)Nc1nc3ccc(O[Si](C)(C)C(C)(C)C)cc3s1)C2. The Bertz CT molecular complexity index is 1020. The first-order valence-corrected chi connectivity index (χ1v) is 15.2. The van der Waals surface area contributed by atoms with Crippen LogP contribution in [0.25, 0.3) is 10.2 Å². The van der Waals surface area contributed by atoms with Gasteiger partial charge in [-0.25, -0.2) is 4.98 Å². The fourth-order valence-electron chi connectivity index (χ4n) is 4.19. The van der Waals surface area contributed by atoms with Crippen LogP contribution in [0.1, 0.15) is 33.6 Å². The van der Waals surface area contributed by atoms with Crippen molar-refractivity contribution in [2.24, 2.45) is 5.92 Å². The van der Waals surface area contributed by atoms with Crippen molar-refractivity contribution in [1.29, 1.82) is 0 Å². The molecule has 2 aromatic rings. The summed E-state index contributed by atoms with van der Waals surface area (Å²) in [6, 6.07) is 6.12. The molecule has 0 amide bonds. The number of benzene rings is 1. The van der Waals surface area contributed by atoms with Gasteiger partial charge >= 0.3 is 0 Å². The molecule has 0 spiro atoms. The zero-order valence-electron chi connectivity index (χ0n) is 19.1. The molecule has 32 heavy (non-hydrogen) atoms. The van der Waals surface area contributed by atoms with E-state index in [0.29, 0.717) is 17.6 Å². The van der Waals surface area contributed by atoms with E-state index in [1.807, 2.05) is 12.1 Å². The van der Waals surface area contributed by atoms with Crippen LogP contribution in [0.4, 0.5) is 5.13 Å². The monoisotopic (exact) mass is 492 g/mol. The zero-order chi connectivity index (χ0) is 23.4. The second kappa shape index (κ2) is 8.23. The van der Waals surface area contributed by atoms with Crippen LogP contribution in [0.5, 0.6) is 5.75 Å². The van der Waals surface area contributed by atoms with Crippen molar-refractivity contribution < 1.29 is 13.9 Å². The van der Waals surface area contributed by atoms with Crippen LogP contribution in [0.3, 0.4) is 0 Å². The highest BCUT2D eigenvalue weighted by atomic mass is 32.1. The summed E-state index contributed by atoms with van der Waals surface area (Å²) in [6.45, 7) is 15.3. The van der Waals surface area contributed by atoms with Crippen LogP contribution in [0, 0.1) is 5.92 Å². The van der Waals surface area contributed by atoms with Gasteiger partial charge in [-0.1, -0.05) is 32.1 Å². The van der Waals surface area contributed by atoms with Crippen molar-refractivity contribution in [3.63, 3.8) is 0 Å². The lowest BCUT2D eigenvalue weighted by atomic mass is 9.72. The molecule has 1 aromatic heterocycles. The van der Waals surface area contributed by atoms with Crippen molar-refractivity contribution in [3.8, 4) is 5.75 Å². The molecule has 2 bridgehead atoms. The minimum absolute atomic E-state index is 0.155. The molecular formula is C22H37BN4O2S2Si. The van der Waals surface area contributed by atoms with Gasteiger partial charge in [0.1, 0.15) is 11.4 Å². The predicted octanol–water partition coefficient (Wildman–Crippen LogP) is 3.22. The van der Waals surface area contributed by atoms with Crippen LogP contribution in [0.2, 0.25) is 18.1 Å². The van der Waals surface area contributed by atoms with E-state index in [-0.39, 0.29) is 13.0 Å². The van der Waals surface area contributed by atoms with Crippen LogP contribution in [-0.4, -0.2) is 67.7 Å². The predicted molar refractivity (Wildman–Crippen MR) is 144 cm³/mol. The third-order valence-electron chi connectivity index (χ3n) is 7.16. The molecular weight excluding hydrogens is 455 g/mol. The molecule has 1 unspecified atom stereocenters.